The molecule has 0 aliphatic carbocycles. The van der Waals surface area contributed by atoms with E-state index >= 15 is 0 Å². The lowest BCUT2D eigenvalue weighted by Gasteiger charge is -2.06. The molecule has 0 unspecified atom stereocenters. The van der Waals surface area contributed by atoms with Gasteiger partial charge in [0.25, 0.3) is 0 Å². The number of rotatable bonds is 4. The lowest BCUT2D eigenvalue weighted by atomic mass is 10.0. The summed E-state index contributed by atoms with van der Waals surface area (Å²) in [5, 5.41) is 1.95. The number of hydrogen-bond donors (Lipinski definition) is 1. The minimum atomic E-state index is -0.0455. The van der Waals surface area contributed by atoms with Crippen molar-refractivity contribution < 1.29 is 9.53 Å². The van der Waals surface area contributed by atoms with Gasteiger partial charge < -0.3 is 10.5 Å². The summed E-state index contributed by atoms with van der Waals surface area (Å²) in [7, 11) is 1.56. The number of benzene rings is 1. The van der Waals surface area contributed by atoms with Gasteiger partial charge >= 0.3 is 0 Å². The third-order valence-electron chi connectivity index (χ3n) is 3.04. The molecule has 6 heteroatoms. The lowest BCUT2D eigenvalue weighted by Crippen LogP contribution is -2.07. The van der Waals surface area contributed by atoms with Crippen LogP contribution >= 0.6 is 11.3 Å². The molecule has 3 aromatic rings. The van der Waals surface area contributed by atoms with E-state index in [1.54, 1.807) is 25.3 Å². The van der Waals surface area contributed by atoms with Crippen LogP contribution in [0.4, 0.5) is 5.69 Å². The Morgan fingerprint density at radius 2 is 2.35 bits per heavy atom. The first-order valence-corrected chi connectivity index (χ1v) is 6.93. The highest BCUT2D eigenvalue weighted by Crippen LogP contribution is 2.21. The number of carbonyl (C=O) groups excluding carboxylic acids is 1. The van der Waals surface area contributed by atoms with E-state index in [2.05, 4.69) is 4.98 Å². The molecule has 0 radical (unpaired) electrons. The maximum absolute atomic E-state index is 12.3. The average Bonchev–Trinajstić information content (AvgIpc) is 2.99. The summed E-state index contributed by atoms with van der Waals surface area (Å²) in [5.74, 6) is 0.595. The molecule has 0 atom stereocenters. The van der Waals surface area contributed by atoms with Crippen LogP contribution in [0.15, 0.2) is 36.0 Å². The van der Waals surface area contributed by atoms with Gasteiger partial charge in [0.2, 0.25) is 0 Å². The quantitative estimate of drug-likeness (QED) is 0.591. The molecule has 0 bridgehead atoms. The van der Waals surface area contributed by atoms with Crippen LogP contribution in [0.2, 0.25) is 0 Å². The van der Waals surface area contributed by atoms with Gasteiger partial charge in [0.1, 0.15) is 5.75 Å². The smallest absolute Gasteiger partial charge is 0.193 e. The summed E-state index contributed by atoms with van der Waals surface area (Å²) < 4.78 is 6.98. The number of Topliss-reactive ketones (excluding diaryl/α,β-unsaturated/α-hetero) is 1. The van der Waals surface area contributed by atoms with Crippen molar-refractivity contribution in [1.82, 2.24) is 9.38 Å². The standard InChI is InChI=1S/C14H13N3O2S/c1-19-10-2-3-11(12(15)7-10)13(18)6-9-8-17-4-5-20-14(17)16-9/h2-5,7-8H,6,15H2,1H3. The number of fused-ring (bicyclic) bond motifs is 1. The van der Waals surface area contributed by atoms with Gasteiger partial charge in [0, 0.05) is 35.1 Å². The molecule has 5 nitrogen and oxygen atoms in total. The molecule has 2 heterocycles. The van der Waals surface area contributed by atoms with Crippen LogP contribution < -0.4 is 10.5 Å². The number of nitrogen functional groups attached to an aromatic ring is 1. The van der Waals surface area contributed by atoms with E-state index in [9.17, 15) is 4.79 Å². The zero-order chi connectivity index (χ0) is 14.1. The Hall–Kier alpha value is -2.34. The Balaban J connectivity index is 1.83. The summed E-state index contributed by atoms with van der Waals surface area (Å²) in [4.78, 5) is 17.5. The molecular formula is C14H13N3O2S. The van der Waals surface area contributed by atoms with E-state index in [1.165, 1.54) is 11.3 Å². The molecule has 0 aliphatic heterocycles. The van der Waals surface area contributed by atoms with Crippen molar-refractivity contribution in [3.8, 4) is 5.75 Å². The number of carbonyl (C=O) groups is 1. The van der Waals surface area contributed by atoms with E-state index in [1.807, 2.05) is 22.2 Å². The molecule has 0 spiro atoms. The molecule has 3 rings (SSSR count). The minimum Gasteiger partial charge on any atom is -0.497 e. The predicted octanol–water partition coefficient (Wildman–Crippen LogP) is 2.41. The molecule has 0 saturated carbocycles. The number of ether oxygens (including phenoxy) is 1. The summed E-state index contributed by atoms with van der Waals surface area (Å²) in [6.45, 7) is 0. The van der Waals surface area contributed by atoms with E-state index in [-0.39, 0.29) is 12.2 Å². The number of nitrogens with zero attached hydrogens (tertiary/aromatic N) is 2. The Morgan fingerprint density at radius 3 is 3.05 bits per heavy atom. The number of aromatic nitrogens is 2. The van der Waals surface area contributed by atoms with Crippen molar-refractivity contribution in [2.45, 2.75) is 6.42 Å². The van der Waals surface area contributed by atoms with Crippen LogP contribution in [0.3, 0.4) is 0 Å². The van der Waals surface area contributed by atoms with Crippen molar-refractivity contribution in [2.75, 3.05) is 12.8 Å². The fourth-order valence-electron chi connectivity index (χ4n) is 2.04. The molecule has 102 valence electrons. The van der Waals surface area contributed by atoms with E-state index < -0.39 is 0 Å². The normalized spacial score (nSPS) is 10.8. The van der Waals surface area contributed by atoms with Crippen LogP contribution in [0.5, 0.6) is 5.75 Å². The zero-order valence-corrected chi connectivity index (χ0v) is 11.7. The van der Waals surface area contributed by atoms with Gasteiger partial charge in [-0.15, -0.1) is 11.3 Å². The first kappa shape index (κ1) is 12.7. The maximum atomic E-state index is 12.3. The second-order valence-electron chi connectivity index (χ2n) is 4.38. The first-order valence-electron chi connectivity index (χ1n) is 6.05. The van der Waals surface area contributed by atoms with Crippen molar-refractivity contribution in [3.05, 3.63) is 47.2 Å². The lowest BCUT2D eigenvalue weighted by molar-refractivity contribution is 0.0993. The van der Waals surface area contributed by atoms with Crippen LogP contribution in [0.25, 0.3) is 4.96 Å². The topological polar surface area (TPSA) is 69.6 Å². The molecule has 20 heavy (non-hydrogen) atoms. The van der Waals surface area contributed by atoms with Crippen molar-refractivity contribution in [1.29, 1.82) is 0 Å². The Bertz CT molecular complexity index is 747. The number of imidazole rings is 1. The number of hydrogen-bond acceptors (Lipinski definition) is 5. The minimum absolute atomic E-state index is 0.0455. The molecular weight excluding hydrogens is 274 g/mol. The van der Waals surface area contributed by atoms with Crippen molar-refractivity contribution >= 4 is 27.8 Å². The van der Waals surface area contributed by atoms with E-state index in [4.69, 9.17) is 10.5 Å². The third-order valence-corrected chi connectivity index (χ3v) is 3.81. The number of anilines is 1. The second-order valence-corrected chi connectivity index (χ2v) is 5.25. The van der Waals surface area contributed by atoms with Crippen LogP contribution in [-0.2, 0) is 6.42 Å². The van der Waals surface area contributed by atoms with Gasteiger partial charge in [-0.2, -0.15) is 0 Å². The van der Waals surface area contributed by atoms with Gasteiger partial charge in [-0.05, 0) is 12.1 Å². The molecule has 0 aliphatic rings. The highest BCUT2D eigenvalue weighted by molar-refractivity contribution is 7.15. The molecule has 0 saturated heterocycles. The van der Waals surface area contributed by atoms with Gasteiger partial charge in [0.05, 0.1) is 19.2 Å². The van der Waals surface area contributed by atoms with E-state index in [0.717, 1.165) is 10.7 Å². The Kier molecular flexibility index (Phi) is 3.15. The summed E-state index contributed by atoms with van der Waals surface area (Å²) >= 11 is 1.54. The SMILES string of the molecule is COc1ccc(C(=O)Cc2cn3ccsc3n2)c(N)c1. The molecule has 2 aromatic heterocycles. The van der Waals surface area contributed by atoms with Crippen LogP contribution in [0, 0.1) is 0 Å². The summed E-state index contributed by atoms with van der Waals surface area (Å²) in [5.41, 5.74) is 7.56. The summed E-state index contributed by atoms with van der Waals surface area (Å²) in [6, 6.07) is 5.07. The highest BCUT2D eigenvalue weighted by atomic mass is 32.1. The largest absolute Gasteiger partial charge is 0.497 e. The van der Waals surface area contributed by atoms with Crippen molar-refractivity contribution in [2.24, 2.45) is 0 Å². The summed E-state index contributed by atoms with van der Waals surface area (Å²) in [6.07, 6.45) is 4.02. The molecule has 1 aromatic carbocycles. The Labute approximate surface area is 119 Å². The van der Waals surface area contributed by atoms with Gasteiger partial charge in [0.15, 0.2) is 10.7 Å². The van der Waals surface area contributed by atoms with Crippen LogP contribution in [-0.4, -0.2) is 22.3 Å². The number of nitrogens with two attached hydrogens (primary N) is 1. The van der Waals surface area contributed by atoms with Gasteiger partial charge in [-0.3, -0.25) is 9.20 Å². The second kappa shape index (κ2) is 4.97. The molecule has 0 amide bonds. The highest BCUT2D eigenvalue weighted by Gasteiger charge is 2.13. The first-order chi connectivity index (χ1) is 9.67. The van der Waals surface area contributed by atoms with Gasteiger partial charge in [-0.25, -0.2) is 4.98 Å². The number of thiazole rings is 1. The van der Waals surface area contributed by atoms with E-state index in [0.29, 0.717) is 17.0 Å². The monoisotopic (exact) mass is 287 g/mol. The van der Waals surface area contributed by atoms with Crippen LogP contribution in [0.1, 0.15) is 16.1 Å². The third kappa shape index (κ3) is 2.25. The van der Waals surface area contributed by atoms with Gasteiger partial charge in [-0.1, -0.05) is 0 Å². The fraction of sp³-hybridized carbons (Fsp3) is 0.143. The maximum Gasteiger partial charge on any atom is 0.193 e. The Morgan fingerprint density at radius 1 is 1.50 bits per heavy atom. The molecule has 2 N–H and O–H groups in total. The number of methoxy groups -OCH3 is 1. The van der Waals surface area contributed by atoms with Crippen molar-refractivity contribution in [3.63, 3.8) is 0 Å². The fourth-order valence-corrected chi connectivity index (χ4v) is 2.76. The molecule has 0 fully saturated rings. The average molecular weight is 287 g/mol. The number of ketones is 1. The zero-order valence-electron chi connectivity index (χ0n) is 10.9. The predicted molar refractivity (Wildman–Crippen MR) is 78.5 cm³/mol.